The summed E-state index contributed by atoms with van der Waals surface area (Å²) in [4.78, 5) is 21.0. The van der Waals surface area contributed by atoms with Crippen molar-refractivity contribution >= 4 is 29.0 Å². The summed E-state index contributed by atoms with van der Waals surface area (Å²) in [5, 5.41) is 10.1. The number of aliphatic hydroxyl groups excluding tert-OH is 1. The van der Waals surface area contributed by atoms with Gasteiger partial charge in [-0.25, -0.2) is 14.2 Å². The Morgan fingerprint density at radius 1 is 1.24 bits per heavy atom. The van der Waals surface area contributed by atoms with Crippen molar-refractivity contribution in [1.29, 1.82) is 0 Å². The zero-order valence-electron chi connectivity index (χ0n) is 20.4. The Hall–Kier alpha value is -2.58. The van der Waals surface area contributed by atoms with Gasteiger partial charge in [-0.2, -0.15) is 0 Å². The number of benzene rings is 1. The van der Waals surface area contributed by atoms with E-state index in [4.69, 9.17) is 14.7 Å². The van der Waals surface area contributed by atoms with Gasteiger partial charge in [-0.1, -0.05) is 55.8 Å². The number of hydrogen-bond donors (Lipinski definition) is 1. The molecule has 0 bridgehead atoms. The number of aromatic nitrogens is 2. The van der Waals surface area contributed by atoms with Crippen molar-refractivity contribution in [2.45, 2.75) is 59.0 Å². The first-order chi connectivity index (χ1) is 15.6. The molecule has 2 aromatic rings. The molecule has 1 heterocycles. The molecule has 0 saturated carbocycles. The summed E-state index contributed by atoms with van der Waals surface area (Å²) < 4.78 is 18.5. The van der Waals surface area contributed by atoms with Gasteiger partial charge in [-0.3, -0.25) is 9.10 Å². The second-order valence-electron chi connectivity index (χ2n) is 8.26. The minimum absolute atomic E-state index is 0.00809. The lowest BCUT2D eigenvalue weighted by atomic mass is 9.97. The molecule has 2 atom stereocenters. The summed E-state index contributed by atoms with van der Waals surface area (Å²) in [6, 6.07) is 8.12. The minimum atomic E-state index is -1.25. The third-order valence-corrected chi connectivity index (χ3v) is 6.10. The number of carbonyl (C=O) groups excluding carboxylic acids is 1. The van der Waals surface area contributed by atoms with Gasteiger partial charge in [-0.15, -0.1) is 0 Å². The number of rotatable bonds is 11. The number of carbonyl (C=O) groups is 1. The summed E-state index contributed by atoms with van der Waals surface area (Å²) in [6.45, 7) is 8.21. The van der Waals surface area contributed by atoms with Crippen LogP contribution in [0.4, 0.5) is 5.95 Å². The van der Waals surface area contributed by atoms with E-state index < -0.39 is 17.1 Å². The van der Waals surface area contributed by atoms with E-state index in [9.17, 15) is 14.1 Å². The Morgan fingerprint density at radius 3 is 2.48 bits per heavy atom. The van der Waals surface area contributed by atoms with Crippen LogP contribution in [0.15, 0.2) is 30.3 Å². The van der Waals surface area contributed by atoms with Crippen LogP contribution in [-0.2, 0) is 20.5 Å². The first-order valence-electron chi connectivity index (χ1n) is 11.2. The van der Waals surface area contributed by atoms with Crippen LogP contribution in [-0.4, -0.2) is 51.3 Å². The number of allylic oxidation sites excluding steroid dienone is 1. The van der Waals surface area contributed by atoms with Crippen LogP contribution in [0.25, 0.3) is 17.3 Å². The van der Waals surface area contributed by atoms with Crippen LogP contribution < -0.4 is 4.31 Å². The molecule has 0 spiro atoms. The SMILES string of the molecule is CCOC(=O)CC(O)CC/C=C/c1c(-c2ccc(C)cc2)nc(N(C)S(C)=O)nc1C(C)C. The number of nitrogens with zero attached hydrogens (tertiary/aromatic N) is 3. The Kier molecular flexibility index (Phi) is 10.2. The van der Waals surface area contributed by atoms with E-state index in [2.05, 4.69) is 13.8 Å². The van der Waals surface area contributed by atoms with E-state index >= 15 is 0 Å². The minimum Gasteiger partial charge on any atom is -0.466 e. The van der Waals surface area contributed by atoms with Crippen molar-refractivity contribution < 1.29 is 18.8 Å². The summed E-state index contributed by atoms with van der Waals surface area (Å²) >= 11 is 0. The van der Waals surface area contributed by atoms with Crippen molar-refractivity contribution in [3.63, 3.8) is 0 Å². The Morgan fingerprint density at radius 2 is 1.91 bits per heavy atom. The van der Waals surface area contributed by atoms with E-state index in [0.29, 0.717) is 25.4 Å². The van der Waals surface area contributed by atoms with Gasteiger partial charge in [0.2, 0.25) is 5.95 Å². The average Bonchev–Trinajstić information content (AvgIpc) is 2.76. The fraction of sp³-hybridized carbons (Fsp3) is 0.480. The molecule has 0 fully saturated rings. The Labute approximate surface area is 199 Å². The molecule has 0 aliphatic rings. The van der Waals surface area contributed by atoms with Crippen molar-refractivity contribution in [2.24, 2.45) is 0 Å². The van der Waals surface area contributed by atoms with Gasteiger partial charge >= 0.3 is 5.97 Å². The van der Waals surface area contributed by atoms with Crippen LogP contribution in [0.1, 0.15) is 62.8 Å². The first kappa shape index (κ1) is 26.7. The van der Waals surface area contributed by atoms with Gasteiger partial charge in [0.1, 0.15) is 11.0 Å². The van der Waals surface area contributed by atoms with Crippen molar-refractivity contribution in [3.8, 4) is 11.3 Å². The molecule has 0 amide bonds. The van der Waals surface area contributed by atoms with Gasteiger partial charge in [0.25, 0.3) is 0 Å². The highest BCUT2D eigenvalue weighted by Gasteiger charge is 2.19. The maximum atomic E-state index is 12.1. The van der Waals surface area contributed by atoms with Gasteiger partial charge in [0.15, 0.2) is 0 Å². The van der Waals surface area contributed by atoms with Gasteiger partial charge in [-0.05, 0) is 32.6 Å². The zero-order valence-corrected chi connectivity index (χ0v) is 21.2. The number of hydrogen-bond acceptors (Lipinski definition) is 6. The zero-order chi connectivity index (χ0) is 24.5. The van der Waals surface area contributed by atoms with Gasteiger partial charge < -0.3 is 9.84 Å². The molecular weight excluding hydrogens is 438 g/mol. The summed E-state index contributed by atoms with van der Waals surface area (Å²) in [7, 11) is 0.465. The Bertz CT molecular complexity index is 990. The van der Waals surface area contributed by atoms with Gasteiger partial charge in [0, 0.05) is 24.4 Å². The van der Waals surface area contributed by atoms with E-state index in [-0.39, 0.29) is 18.3 Å². The number of esters is 1. The van der Waals surface area contributed by atoms with Crippen LogP contribution in [0, 0.1) is 6.92 Å². The van der Waals surface area contributed by atoms with Crippen molar-refractivity contribution in [2.75, 3.05) is 24.2 Å². The van der Waals surface area contributed by atoms with Crippen LogP contribution >= 0.6 is 0 Å². The second-order valence-corrected chi connectivity index (χ2v) is 9.65. The molecule has 1 aromatic carbocycles. The number of aryl methyl sites for hydroxylation is 1. The van der Waals surface area contributed by atoms with E-state index in [1.54, 1.807) is 24.5 Å². The lowest BCUT2D eigenvalue weighted by Gasteiger charge is -2.20. The normalized spacial score (nSPS) is 13.3. The van der Waals surface area contributed by atoms with Crippen LogP contribution in [0.2, 0.25) is 0 Å². The third-order valence-electron chi connectivity index (χ3n) is 5.16. The van der Waals surface area contributed by atoms with Crippen LogP contribution in [0.5, 0.6) is 0 Å². The quantitative estimate of drug-likeness (QED) is 0.486. The van der Waals surface area contributed by atoms with E-state index in [0.717, 1.165) is 28.1 Å². The molecule has 180 valence electrons. The molecule has 0 aliphatic carbocycles. The van der Waals surface area contributed by atoms with Crippen LogP contribution in [0.3, 0.4) is 0 Å². The molecule has 0 aliphatic heterocycles. The predicted molar refractivity (Wildman–Crippen MR) is 134 cm³/mol. The summed E-state index contributed by atoms with van der Waals surface area (Å²) in [6.07, 6.45) is 5.83. The predicted octanol–water partition coefficient (Wildman–Crippen LogP) is 4.41. The van der Waals surface area contributed by atoms with Gasteiger partial charge in [0.05, 0.1) is 30.5 Å². The molecule has 1 N–H and O–H groups in total. The lowest BCUT2D eigenvalue weighted by molar-refractivity contribution is -0.145. The molecule has 33 heavy (non-hydrogen) atoms. The number of ether oxygens (including phenoxy) is 1. The summed E-state index contributed by atoms with van der Waals surface area (Å²) in [5.41, 5.74) is 4.62. The summed E-state index contributed by atoms with van der Waals surface area (Å²) in [5.74, 6) is 0.139. The second kappa shape index (κ2) is 12.6. The molecule has 2 unspecified atom stereocenters. The highest BCUT2D eigenvalue weighted by Crippen LogP contribution is 2.31. The fourth-order valence-corrected chi connectivity index (χ4v) is 3.58. The molecule has 2 rings (SSSR count). The van der Waals surface area contributed by atoms with Crippen molar-refractivity contribution in [3.05, 3.63) is 47.2 Å². The molecular formula is C25H35N3O4S. The molecule has 7 nitrogen and oxygen atoms in total. The highest BCUT2D eigenvalue weighted by molar-refractivity contribution is 7.85. The number of anilines is 1. The number of aliphatic hydroxyl groups is 1. The largest absolute Gasteiger partial charge is 0.466 e. The molecule has 0 radical (unpaired) electrons. The maximum absolute atomic E-state index is 12.1. The maximum Gasteiger partial charge on any atom is 0.308 e. The Balaban J connectivity index is 2.40. The smallest absolute Gasteiger partial charge is 0.308 e. The monoisotopic (exact) mass is 473 g/mol. The van der Waals surface area contributed by atoms with E-state index in [1.807, 2.05) is 43.3 Å². The van der Waals surface area contributed by atoms with E-state index in [1.165, 1.54) is 0 Å². The molecule has 0 saturated heterocycles. The highest BCUT2D eigenvalue weighted by atomic mass is 32.2. The first-order valence-corrected chi connectivity index (χ1v) is 12.7. The third kappa shape index (κ3) is 7.75. The molecule has 8 heteroatoms. The average molecular weight is 474 g/mol. The van der Waals surface area contributed by atoms with Crippen molar-refractivity contribution in [1.82, 2.24) is 9.97 Å². The standard InChI is InChI=1S/C25H35N3O4S/c1-7-32-22(30)16-20(29)10-8-9-11-21-23(17(2)3)26-25(28(5)33(6)31)27-24(21)19-14-12-18(4)13-15-19/h9,11-15,17,20,29H,7-8,10,16H2,1-6H3/b11-9+. The lowest BCUT2D eigenvalue weighted by Crippen LogP contribution is -2.22. The molecule has 1 aromatic heterocycles. The fourth-order valence-electron chi connectivity index (χ4n) is 3.27. The topological polar surface area (TPSA) is 92.6 Å².